The van der Waals surface area contributed by atoms with E-state index >= 15 is 0 Å². The van der Waals surface area contributed by atoms with Crippen LogP contribution < -0.4 is 5.32 Å². The number of carbonyl (C=O) groups is 1. The molecular weight excluding hydrogens is 242 g/mol. The van der Waals surface area contributed by atoms with Crippen molar-refractivity contribution in [2.75, 3.05) is 30.4 Å². The SMILES string of the molecule is CC1(C(=O)NCCSCCCO)CCCS1. The van der Waals surface area contributed by atoms with Crippen molar-refractivity contribution in [2.45, 2.75) is 30.9 Å². The van der Waals surface area contributed by atoms with Gasteiger partial charge in [-0.3, -0.25) is 4.79 Å². The van der Waals surface area contributed by atoms with Crippen molar-refractivity contribution in [3.63, 3.8) is 0 Å². The van der Waals surface area contributed by atoms with Crippen molar-refractivity contribution < 1.29 is 9.90 Å². The fourth-order valence-electron chi connectivity index (χ4n) is 1.65. The lowest BCUT2D eigenvalue weighted by atomic mass is 10.1. The predicted octanol–water partition coefficient (Wildman–Crippen LogP) is 1.50. The number of nitrogens with one attached hydrogen (secondary N) is 1. The van der Waals surface area contributed by atoms with Gasteiger partial charge in [0, 0.05) is 18.9 Å². The van der Waals surface area contributed by atoms with Gasteiger partial charge in [-0.05, 0) is 37.7 Å². The van der Waals surface area contributed by atoms with Crippen LogP contribution in [0.1, 0.15) is 26.2 Å². The second kappa shape index (κ2) is 7.45. The number of rotatable bonds is 7. The minimum absolute atomic E-state index is 0.185. The standard InChI is InChI=1S/C11H21NO2S2/c1-11(4-2-8-16-11)10(14)12-5-9-15-7-3-6-13/h13H,2-9H2,1H3,(H,12,14). The Balaban J connectivity index is 2.06. The molecule has 0 saturated carbocycles. The molecule has 1 fully saturated rings. The highest BCUT2D eigenvalue weighted by Gasteiger charge is 2.36. The molecule has 1 rings (SSSR count). The molecule has 1 unspecified atom stereocenters. The maximum atomic E-state index is 11.9. The van der Waals surface area contributed by atoms with Crippen LogP contribution in [0.4, 0.5) is 0 Å². The number of thioether (sulfide) groups is 2. The van der Waals surface area contributed by atoms with Crippen molar-refractivity contribution in [3.05, 3.63) is 0 Å². The van der Waals surface area contributed by atoms with Crippen molar-refractivity contribution in [1.82, 2.24) is 5.32 Å². The first-order chi connectivity index (χ1) is 7.69. The molecule has 16 heavy (non-hydrogen) atoms. The minimum atomic E-state index is -0.185. The number of hydrogen-bond donors (Lipinski definition) is 2. The lowest BCUT2D eigenvalue weighted by molar-refractivity contribution is -0.122. The first-order valence-corrected chi connectivity index (χ1v) is 7.94. The zero-order chi connectivity index (χ0) is 11.9. The zero-order valence-electron chi connectivity index (χ0n) is 9.83. The summed E-state index contributed by atoms with van der Waals surface area (Å²) in [6.45, 7) is 3.04. The van der Waals surface area contributed by atoms with E-state index in [1.54, 1.807) is 23.5 Å². The van der Waals surface area contributed by atoms with E-state index in [1.807, 2.05) is 6.92 Å². The maximum absolute atomic E-state index is 11.9. The normalized spacial score (nSPS) is 24.6. The Bertz CT molecular complexity index is 218. The van der Waals surface area contributed by atoms with Crippen LogP contribution in [-0.4, -0.2) is 46.2 Å². The Morgan fingerprint density at radius 2 is 2.38 bits per heavy atom. The molecule has 0 radical (unpaired) electrons. The Morgan fingerprint density at radius 1 is 1.56 bits per heavy atom. The Hall–Kier alpha value is 0.130. The Labute approximate surface area is 106 Å². The summed E-state index contributed by atoms with van der Waals surface area (Å²) in [5.74, 6) is 3.21. The third kappa shape index (κ3) is 4.55. The Morgan fingerprint density at radius 3 is 3.00 bits per heavy atom. The van der Waals surface area contributed by atoms with E-state index < -0.39 is 0 Å². The zero-order valence-corrected chi connectivity index (χ0v) is 11.5. The Kier molecular flexibility index (Phi) is 6.61. The molecule has 1 aliphatic rings. The molecule has 0 bridgehead atoms. The van der Waals surface area contributed by atoms with Crippen LogP contribution in [0.15, 0.2) is 0 Å². The van der Waals surface area contributed by atoms with Gasteiger partial charge in [-0.1, -0.05) is 0 Å². The number of aliphatic hydroxyl groups excluding tert-OH is 1. The van der Waals surface area contributed by atoms with E-state index in [9.17, 15) is 4.79 Å². The lowest BCUT2D eigenvalue weighted by Crippen LogP contribution is -2.41. The van der Waals surface area contributed by atoms with Crippen molar-refractivity contribution >= 4 is 29.4 Å². The van der Waals surface area contributed by atoms with Gasteiger partial charge in [0.05, 0.1) is 4.75 Å². The summed E-state index contributed by atoms with van der Waals surface area (Å²) in [7, 11) is 0. The molecule has 0 aromatic rings. The van der Waals surface area contributed by atoms with E-state index in [4.69, 9.17) is 5.11 Å². The summed E-state index contributed by atoms with van der Waals surface area (Å²) >= 11 is 3.55. The number of hydrogen-bond acceptors (Lipinski definition) is 4. The van der Waals surface area contributed by atoms with Gasteiger partial charge in [-0.2, -0.15) is 11.8 Å². The van der Waals surface area contributed by atoms with Crippen molar-refractivity contribution in [3.8, 4) is 0 Å². The smallest absolute Gasteiger partial charge is 0.235 e. The second-order valence-corrected chi connectivity index (χ2v) is 6.95. The van der Waals surface area contributed by atoms with Crippen LogP contribution in [0.3, 0.4) is 0 Å². The van der Waals surface area contributed by atoms with Gasteiger partial charge in [0.15, 0.2) is 0 Å². The van der Waals surface area contributed by atoms with Crippen LogP contribution >= 0.6 is 23.5 Å². The summed E-state index contributed by atoms with van der Waals surface area (Å²) in [6.07, 6.45) is 2.99. The number of carbonyl (C=O) groups excluding carboxylic acids is 1. The van der Waals surface area contributed by atoms with Gasteiger partial charge in [0.2, 0.25) is 5.91 Å². The van der Waals surface area contributed by atoms with Gasteiger partial charge in [-0.15, -0.1) is 11.8 Å². The largest absolute Gasteiger partial charge is 0.396 e. The quantitative estimate of drug-likeness (QED) is 0.684. The van der Waals surface area contributed by atoms with Gasteiger partial charge < -0.3 is 10.4 Å². The molecule has 1 aliphatic heterocycles. The summed E-state index contributed by atoms with van der Waals surface area (Å²) in [4.78, 5) is 11.9. The monoisotopic (exact) mass is 263 g/mol. The molecule has 0 aliphatic carbocycles. The van der Waals surface area contributed by atoms with Gasteiger partial charge in [0.1, 0.15) is 0 Å². The molecular formula is C11H21NO2S2. The second-order valence-electron chi connectivity index (χ2n) is 4.13. The van der Waals surface area contributed by atoms with Gasteiger partial charge in [0.25, 0.3) is 0 Å². The summed E-state index contributed by atoms with van der Waals surface area (Å²) < 4.78 is -0.185. The van der Waals surface area contributed by atoms with Crippen LogP contribution in [0.5, 0.6) is 0 Å². The highest BCUT2D eigenvalue weighted by Crippen LogP contribution is 2.37. The van der Waals surface area contributed by atoms with Crippen molar-refractivity contribution in [2.24, 2.45) is 0 Å². The fraction of sp³-hybridized carbons (Fsp3) is 0.909. The summed E-state index contributed by atoms with van der Waals surface area (Å²) in [6, 6.07) is 0. The third-order valence-electron chi connectivity index (χ3n) is 2.68. The van der Waals surface area contributed by atoms with Crippen LogP contribution in [0.2, 0.25) is 0 Å². The predicted molar refractivity (Wildman–Crippen MR) is 72.1 cm³/mol. The molecule has 0 aromatic heterocycles. The molecule has 3 nitrogen and oxygen atoms in total. The van der Waals surface area contributed by atoms with E-state index in [-0.39, 0.29) is 17.3 Å². The fourth-order valence-corrected chi connectivity index (χ4v) is 3.67. The molecule has 1 saturated heterocycles. The molecule has 2 N–H and O–H groups in total. The lowest BCUT2D eigenvalue weighted by Gasteiger charge is -2.21. The topological polar surface area (TPSA) is 49.3 Å². The van der Waals surface area contributed by atoms with E-state index in [0.717, 1.165) is 43.1 Å². The van der Waals surface area contributed by atoms with Crippen LogP contribution in [0, 0.1) is 0 Å². The van der Waals surface area contributed by atoms with Gasteiger partial charge >= 0.3 is 0 Å². The number of aliphatic hydroxyl groups is 1. The molecule has 0 spiro atoms. The minimum Gasteiger partial charge on any atom is -0.396 e. The third-order valence-corrected chi connectivity index (χ3v) is 5.27. The number of amides is 1. The van der Waals surface area contributed by atoms with Crippen LogP contribution in [-0.2, 0) is 4.79 Å². The molecule has 0 aromatic carbocycles. The first kappa shape index (κ1) is 14.2. The van der Waals surface area contributed by atoms with E-state index in [1.165, 1.54) is 0 Å². The molecule has 1 atom stereocenters. The highest BCUT2D eigenvalue weighted by molar-refractivity contribution is 8.01. The summed E-state index contributed by atoms with van der Waals surface area (Å²) in [5, 5.41) is 11.6. The van der Waals surface area contributed by atoms with Crippen LogP contribution in [0.25, 0.3) is 0 Å². The molecule has 94 valence electrons. The highest BCUT2D eigenvalue weighted by atomic mass is 32.2. The summed E-state index contributed by atoms with van der Waals surface area (Å²) in [5.41, 5.74) is 0. The first-order valence-electron chi connectivity index (χ1n) is 5.80. The molecule has 1 amide bonds. The average Bonchev–Trinajstić information content (AvgIpc) is 2.71. The van der Waals surface area contributed by atoms with E-state index in [2.05, 4.69) is 5.32 Å². The molecule has 1 heterocycles. The maximum Gasteiger partial charge on any atom is 0.235 e. The van der Waals surface area contributed by atoms with Crippen molar-refractivity contribution in [1.29, 1.82) is 0 Å². The molecule has 5 heteroatoms. The van der Waals surface area contributed by atoms with Gasteiger partial charge in [-0.25, -0.2) is 0 Å². The van der Waals surface area contributed by atoms with E-state index in [0.29, 0.717) is 0 Å². The average molecular weight is 263 g/mol.